The van der Waals surface area contributed by atoms with E-state index in [1.165, 1.54) is 17.5 Å². The molecule has 1 aromatic carbocycles. The fourth-order valence-corrected chi connectivity index (χ4v) is 4.57. The zero-order valence-corrected chi connectivity index (χ0v) is 15.4. The largest absolute Gasteiger partial charge is 0.353 e. The van der Waals surface area contributed by atoms with Gasteiger partial charge in [0, 0.05) is 18.9 Å². The molecule has 2 heterocycles. The summed E-state index contributed by atoms with van der Waals surface area (Å²) < 4.78 is 1.21. The molecule has 0 saturated carbocycles. The normalized spacial score (nSPS) is 20.7. The Morgan fingerprint density at radius 2 is 2.25 bits per heavy atom. The van der Waals surface area contributed by atoms with Gasteiger partial charge in [0.25, 0.3) is 0 Å². The molecule has 1 aliphatic rings. The Balaban J connectivity index is 1.48. The highest BCUT2D eigenvalue weighted by Crippen LogP contribution is 2.24. The van der Waals surface area contributed by atoms with E-state index in [2.05, 4.69) is 35.5 Å². The number of para-hydroxylation sites is 1. The first kappa shape index (κ1) is 17.4. The molecule has 1 fully saturated rings. The van der Waals surface area contributed by atoms with Crippen LogP contribution in [0.1, 0.15) is 38.1 Å². The first-order valence-corrected chi connectivity index (χ1v) is 9.78. The summed E-state index contributed by atoms with van der Waals surface area (Å²) in [5.74, 6) is 1.23. The summed E-state index contributed by atoms with van der Waals surface area (Å²) in [5, 5.41) is 7.68. The minimum Gasteiger partial charge on any atom is -0.353 e. The van der Waals surface area contributed by atoms with Crippen molar-refractivity contribution in [1.29, 1.82) is 0 Å². The molecule has 5 heteroatoms. The molecule has 130 valence electrons. The minimum atomic E-state index is 0.120. The zero-order chi connectivity index (χ0) is 16.9. The number of nitrogens with one attached hydrogen (secondary N) is 2. The third-order valence-corrected chi connectivity index (χ3v) is 5.93. The first-order valence-electron chi connectivity index (χ1n) is 8.96. The van der Waals surface area contributed by atoms with Crippen LogP contribution >= 0.6 is 11.3 Å². The van der Waals surface area contributed by atoms with E-state index in [0.29, 0.717) is 18.3 Å². The predicted octanol–water partition coefficient (Wildman–Crippen LogP) is 3.37. The highest BCUT2D eigenvalue weighted by Gasteiger charge is 2.22. The number of piperidine rings is 1. The summed E-state index contributed by atoms with van der Waals surface area (Å²) in [6, 6.07) is 8.31. The number of carbonyl (C=O) groups is 1. The van der Waals surface area contributed by atoms with Gasteiger partial charge in [0.05, 0.1) is 15.2 Å². The lowest BCUT2D eigenvalue weighted by molar-refractivity contribution is -0.122. The molecule has 3 rings (SSSR count). The Kier molecular flexibility index (Phi) is 5.85. The van der Waals surface area contributed by atoms with Crippen LogP contribution in [-0.4, -0.2) is 30.0 Å². The maximum atomic E-state index is 12.3. The third kappa shape index (κ3) is 4.54. The molecule has 1 amide bonds. The summed E-state index contributed by atoms with van der Waals surface area (Å²) in [7, 11) is 0. The number of hydrogen-bond donors (Lipinski definition) is 2. The Morgan fingerprint density at radius 1 is 1.42 bits per heavy atom. The van der Waals surface area contributed by atoms with E-state index in [0.717, 1.165) is 30.0 Å². The second-order valence-electron chi connectivity index (χ2n) is 7.04. The van der Waals surface area contributed by atoms with Crippen molar-refractivity contribution < 1.29 is 4.79 Å². The summed E-state index contributed by atoms with van der Waals surface area (Å²) in [6.07, 6.45) is 3.88. The molecule has 0 aliphatic carbocycles. The van der Waals surface area contributed by atoms with Crippen LogP contribution in [0.4, 0.5) is 0 Å². The van der Waals surface area contributed by atoms with Crippen LogP contribution < -0.4 is 10.6 Å². The lowest BCUT2D eigenvalue weighted by atomic mass is 9.85. The topological polar surface area (TPSA) is 54.0 Å². The lowest BCUT2D eigenvalue weighted by Crippen LogP contribution is -2.38. The average molecular weight is 346 g/mol. The number of rotatable bonds is 6. The van der Waals surface area contributed by atoms with E-state index >= 15 is 0 Å². The SMILES string of the molecule is CC(Cc1nc2ccccc2s1)NC(=O)CC(C)C1CCCNC1. The van der Waals surface area contributed by atoms with E-state index < -0.39 is 0 Å². The molecule has 3 unspecified atom stereocenters. The second-order valence-corrected chi connectivity index (χ2v) is 8.15. The van der Waals surface area contributed by atoms with Crippen LogP contribution in [0.15, 0.2) is 24.3 Å². The molecule has 4 nitrogen and oxygen atoms in total. The smallest absolute Gasteiger partial charge is 0.220 e. The number of amides is 1. The summed E-state index contributed by atoms with van der Waals surface area (Å²) >= 11 is 1.72. The molecule has 2 N–H and O–H groups in total. The van der Waals surface area contributed by atoms with Gasteiger partial charge < -0.3 is 10.6 Å². The molecule has 0 bridgehead atoms. The fourth-order valence-electron chi connectivity index (χ4n) is 3.48. The van der Waals surface area contributed by atoms with Crippen LogP contribution in [-0.2, 0) is 11.2 Å². The summed E-state index contributed by atoms with van der Waals surface area (Å²) in [5.41, 5.74) is 1.05. The predicted molar refractivity (Wildman–Crippen MR) is 100 cm³/mol. The monoisotopic (exact) mass is 345 g/mol. The van der Waals surface area contributed by atoms with Gasteiger partial charge in [-0.15, -0.1) is 11.3 Å². The second kappa shape index (κ2) is 8.08. The van der Waals surface area contributed by atoms with Crippen LogP contribution in [0.3, 0.4) is 0 Å². The van der Waals surface area contributed by atoms with Crippen LogP contribution in [0.5, 0.6) is 0 Å². The first-order chi connectivity index (χ1) is 11.6. The van der Waals surface area contributed by atoms with Crippen molar-refractivity contribution in [2.75, 3.05) is 13.1 Å². The highest BCUT2D eigenvalue weighted by molar-refractivity contribution is 7.18. The van der Waals surface area contributed by atoms with Gasteiger partial charge in [-0.25, -0.2) is 4.98 Å². The fraction of sp³-hybridized carbons (Fsp3) is 0.579. The van der Waals surface area contributed by atoms with Crippen molar-refractivity contribution in [3.8, 4) is 0 Å². The van der Waals surface area contributed by atoms with Gasteiger partial charge >= 0.3 is 0 Å². The van der Waals surface area contributed by atoms with Gasteiger partial charge in [0.1, 0.15) is 0 Å². The van der Waals surface area contributed by atoms with Crippen molar-refractivity contribution >= 4 is 27.5 Å². The van der Waals surface area contributed by atoms with Crippen molar-refractivity contribution in [3.63, 3.8) is 0 Å². The standard InChI is InChI=1S/C19H27N3OS/c1-13(15-6-5-9-20-12-15)10-18(23)21-14(2)11-19-22-16-7-3-4-8-17(16)24-19/h3-4,7-8,13-15,20H,5-6,9-12H2,1-2H3,(H,21,23). The summed E-state index contributed by atoms with van der Waals surface area (Å²) in [4.78, 5) is 17.0. The van der Waals surface area contributed by atoms with Crippen molar-refractivity contribution in [2.45, 2.75) is 45.6 Å². The number of fused-ring (bicyclic) bond motifs is 1. The quantitative estimate of drug-likeness (QED) is 0.844. The van der Waals surface area contributed by atoms with Gasteiger partial charge in [0.15, 0.2) is 0 Å². The molecular formula is C19H27N3OS. The number of thiazole rings is 1. The average Bonchev–Trinajstić information content (AvgIpc) is 2.97. The molecule has 0 spiro atoms. The third-order valence-electron chi connectivity index (χ3n) is 4.87. The minimum absolute atomic E-state index is 0.120. The Bertz CT molecular complexity index is 645. The van der Waals surface area contributed by atoms with Gasteiger partial charge in [-0.2, -0.15) is 0 Å². The van der Waals surface area contributed by atoms with Crippen molar-refractivity contribution in [3.05, 3.63) is 29.3 Å². The van der Waals surface area contributed by atoms with Crippen LogP contribution in [0.25, 0.3) is 10.2 Å². The molecular weight excluding hydrogens is 318 g/mol. The summed E-state index contributed by atoms with van der Waals surface area (Å²) in [6.45, 7) is 6.44. The van der Waals surface area contributed by atoms with E-state index in [1.807, 2.05) is 18.2 Å². The Hall–Kier alpha value is -1.46. The van der Waals surface area contributed by atoms with Gasteiger partial charge in [-0.05, 0) is 56.8 Å². The lowest BCUT2D eigenvalue weighted by Gasteiger charge is -2.28. The number of nitrogens with zero attached hydrogens (tertiary/aromatic N) is 1. The number of carbonyl (C=O) groups excluding carboxylic acids is 1. The van der Waals surface area contributed by atoms with Crippen molar-refractivity contribution in [2.24, 2.45) is 11.8 Å². The molecule has 2 aromatic rings. The zero-order valence-electron chi connectivity index (χ0n) is 14.5. The van der Waals surface area contributed by atoms with Gasteiger partial charge in [-0.1, -0.05) is 19.1 Å². The van der Waals surface area contributed by atoms with Crippen LogP contribution in [0, 0.1) is 11.8 Å². The van der Waals surface area contributed by atoms with Crippen molar-refractivity contribution in [1.82, 2.24) is 15.6 Å². The number of hydrogen-bond acceptors (Lipinski definition) is 4. The molecule has 3 atom stereocenters. The highest BCUT2D eigenvalue weighted by atomic mass is 32.1. The molecule has 24 heavy (non-hydrogen) atoms. The maximum absolute atomic E-state index is 12.3. The van der Waals surface area contributed by atoms with Crippen LogP contribution in [0.2, 0.25) is 0 Å². The van der Waals surface area contributed by atoms with Gasteiger partial charge in [0.2, 0.25) is 5.91 Å². The van der Waals surface area contributed by atoms with E-state index in [9.17, 15) is 4.79 Å². The van der Waals surface area contributed by atoms with E-state index in [4.69, 9.17) is 0 Å². The molecule has 1 aromatic heterocycles. The Labute approximate surface area is 148 Å². The van der Waals surface area contributed by atoms with Gasteiger partial charge in [-0.3, -0.25) is 4.79 Å². The molecule has 0 radical (unpaired) electrons. The number of aromatic nitrogens is 1. The Morgan fingerprint density at radius 3 is 3.00 bits per heavy atom. The maximum Gasteiger partial charge on any atom is 0.220 e. The molecule has 1 saturated heterocycles. The van der Waals surface area contributed by atoms with E-state index in [1.54, 1.807) is 11.3 Å². The van der Waals surface area contributed by atoms with E-state index in [-0.39, 0.29) is 11.9 Å². The molecule has 1 aliphatic heterocycles. The number of benzene rings is 1.